The summed E-state index contributed by atoms with van der Waals surface area (Å²) in [5.41, 5.74) is 4.59. The van der Waals surface area contributed by atoms with Gasteiger partial charge in [0.05, 0.1) is 0 Å². The molecule has 7 heteroatoms. The van der Waals surface area contributed by atoms with Crippen LogP contribution < -0.4 is 0 Å². The van der Waals surface area contributed by atoms with E-state index in [2.05, 4.69) is 20.9 Å². The van der Waals surface area contributed by atoms with Crippen LogP contribution >= 0.6 is 0 Å². The molecule has 0 unspecified atom stereocenters. The molecule has 0 atom stereocenters. The van der Waals surface area contributed by atoms with Gasteiger partial charge in [-0.1, -0.05) is 18.2 Å². The molecule has 0 spiro atoms. The highest BCUT2D eigenvalue weighted by Crippen LogP contribution is 2.37. The number of likely N-dealkylation sites (tertiary alicyclic amines) is 1. The maximum absolute atomic E-state index is 13.5. The first-order valence-electron chi connectivity index (χ1n) is 13.1. The second-order valence-corrected chi connectivity index (χ2v) is 10.1. The fourth-order valence-electron chi connectivity index (χ4n) is 5.67. The number of aryl methyl sites for hydroxylation is 1. The Morgan fingerprint density at radius 2 is 1.53 bits per heavy atom. The number of pyridine rings is 1. The Morgan fingerprint density at radius 1 is 0.806 bits per heavy atom. The topological polar surface area (TPSA) is 69.9 Å². The van der Waals surface area contributed by atoms with E-state index < -0.39 is 0 Å². The minimum atomic E-state index is -0.0629. The smallest absolute Gasteiger partial charge is 0.289 e. The van der Waals surface area contributed by atoms with Crippen molar-refractivity contribution in [3.63, 3.8) is 0 Å². The number of rotatable bonds is 6. The number of amides is 1. The van der Waals surface area contributed by atoms with Crippen LogP contribution in [0.15, 0.2) is 53.2 Å². The highest BCUT2D eigenvalue weighted by atomic mass is 16.4. The van der Waals surface area contributed by atoms with Crippen LogP contribution in [-0.2, 0) is 6.42 Å². The van der Waals surface area contributed by atoms with Gasteiger partial charge in [0.1, 0.15) is 5.76 Å². The van der Waals surface area contributed by atoms with Crippen LogP contribution in [-0.4, -0.2) is 83.7 Å². The van der Waals surface area contributed by atoms with Crippen LogP contribution in [0.4, 0.5) is 0 Å². The number of Topliss-reactive ketones (excluding diaryl/α,β-unsaturated/α-hetero) is 1. The summed E-state index contributed by atoms with van der Waals surface area (Å²) >= 11 is 0. The van der Waals surface area contributed by atoms with Gasteiger partial charge in [0.15, 0.2) is 11.5 Å². The molecule has 3 aliphatic rings. The summed E-state index contributed by atoms with van der Waals surface area (Å²) in [5, 5.41) is 0. The summed E-state index contributed by atoms with van der Waals surface area (Å²) in [6, 6.07) is 11.6. The highest BCUT2D eigenvalue weighted by molar-refractivity contribution is 6.01. The molecule has 186 valence electrons. The van der Waals surface area contributed by atoms with Gasteiger partial charge in [0.25, 0.3) is 5.91 Å². The summed E-state index contributed by atoms with van der Waals surface area (Å²) in [6.45, 7) is 7.84. The maximum atomic E-state index is 13.5. The molecule has 2 aromatic heterocycles. The van der Waals surface area contributed by atoms with E-state index in [4.69, 9.17) is 4.42 Å². The molecular formula is C29H32N4O3. The number of fused-ring (bicyclic) bond motifs is 1. The predicted octanol–water partition coefficient (Wildman–Crippen LogP) is 3.99. The first kappa shape index (κ1) is 23.1. The minimum absolute atomic E-state index is 0.0629. The van der Waals surface area contributed by atoms with Gasteiger partial charge in [-0.25, -0.2) is 0 Å². The molecule has 1 aromatic carbocycles. The van der Waals surface area contributed by atoms with Crippen molar-refractivity contribution in [3.05, 3.63) is 65.7 Å². The number of piperazine rings is 1. The minimum Gasteiger partial charge on any atom is -0.450 e. The van der Waals surface area contributed by atoms with Crippen molar-refractivity contribution in [2.24, 2.45) is 0 Å². The zero-order chi connectivity index (χ0) is 24.5. The Labute approximate surface area is 211 Å². The van der Waals surface area contributed by atoms with E-state index >= 15 is 0 Å². The molecule has 6 rings (SSSR count). The Hall–Kier alpha value is -3.29. The Kier molecular flexibility index (Phi) is 6.42. The van der Waals surface area contributed by atoms with Crippen LogP contribution in [0.1, 0.15) is 45.7 Å². The van der Waals surface area contributed by atoms with E-state index in [1.54, 1.807) is 12.4 Å². The van der Waals surface area contributed by atoms with Crippen LogP contribution in [0.2, 0.25) is 0 Å². The molecule has 4 heterocycles. The van der Waals surface area contributed by atoms with Crippen molar-refractivity contribution in [1.82, 2.24) is 19.7 Å². The van der Waals surface area contributed by atoms with Crippen LogP contribution in [0.5, 0.6) is 0 Å². The average molecular weight is 485 g/mol. The SMILES string of the molecule is O=C1CCc2cc(-c3cc(C(=O)N4CCN(CCN5CCCC5)CC4)oc3-c3ccncc3)ccc21. The standard InChI is InChI=1S/C29H32N4O3/c34-26-6-4-22-19-23(3-5-24(22)26)25-20-27(36-28(25)21-7-9-30-10-8-21)29(35)33-17-15-32(16-18-33)14-13-31-11-1-2-12-31/h3,5,7-10,19-20H,1-2,4,6,11-18H2. The lowest BCUT2D eigenvalue weighted by molar-refractivity contribution is 0.0597. The lowest BCUT2D eigenvalue weighted by atomic mass is 9.98. The van der Waals surface area contributed by atoms with Gasteiger partial charge in [-0.3, -0.25) is 19.5 Å². The largest absolute Gasteiger partial charge is 0.450 e. The number of carbonyl (C=O) groups is 2. The van der Waals surface area contributed by atoms with Crippen molar-refractivity contribution in [1.29, 1.82) is 0 Å². The molecule has 2 aliphatic heterocycles. The van der Waals surface area contributed by atoms with Gasteiger partial charge >= 0.3 is 0 Å². The van der Waals surface area contributed by atoms with Crippen molar-refractivity contribution >= 4 is 11.7 Å². The number of nitrogens with zero attached hydrogens (tertiary/aromatic N) is 4. The van der Waals surface area contributed by atoms with E-state index in [0.717, 1.165) is 60.4 Å². The fourth-order valence-corrected chi connectivity index (χ4v) is 5.67. The molecule has 0 saturated carbocycles. The number of benzene rings is 1. The lowest BCUT2D eigenvalue weighted by Gasteiger charge is -2.35. The molecule has 0 radical (unpaired) electrons. The monoisotopic (exact) mass is 484 g/mol. The van der Waals surface area contributed by atoms with E-state index in [0.29, 0.717) is 31.0 Å². The molecule has 0 N–H and O–H groups in total. The first-order valence-corrected chi connectivity index (χ1v) is 13.1. The van der Waals surface area contributed by atoms with Crippen molar-refractivity contribution in [2.75, 3.05) is 52.4 Å². The molecule has 2 saturated heterocycles. The van der Waals surface area contributed by atoms with Gasteiger partial charge < -0.3 is 14.2 Å². The van der Waals surface area contributed by atoms with Crippen LogP contribution in [0.25, 0.3) is 22.5 Å². The number of hydrogen-bond donors (Lipinski definition) is 0. The fraction of sp³-hybridized carbons (Fsp3) is 0.414. The number of hydrogen-bond acceptors (Lipinski definition) is 6. The zero-order valence-corrected chi connectivity index (χ0v) is 20.6. The molecule has 1 aliphatic carbocycles. The van der Waals surface area contributed by atoms with Crippen molar-refractivity contribution in [2.45, 2.75) is 25.7 Å². The summed E-state index contributed by atoms with van der Waals surface area (Å²) < 4.78 is 6.25. The second-order valence-electron chi connectivity index (χ2n) is 10.1. The summed E-state index contributed by atoms with van der Waals surface area (Å²) in [6.07, 6.45) is 7.42. The van der Waals surface area contributed by atoms with Gasteiger partial charge in [0.2, 0.25) is 0 Å². The molecule has 1 amide bonds. The van der Waals surface area contributed by atoms with Gasteiger partial charge in [-0.2, -0.15) is 0 Å². The van der Waals surface area contributed by atoms with Crippen LogP contribution in [0, 0.1) is 0 Å². The number of furan rings is 1. The third-order valence-corrected chi connectivity index (χ3v) is 7.81. The van der Waals surface area contributed by atoms with Gasteiger partial charge in [-0.15, -0.1) is 0 Å². The molecule has 3 aromatic rings. The van der Waals surface area contributed by atoms with Crippen molar-refractivity contribution in [3.8, 4) is 22.5 Å². The molecule has 36 heavy (non-hydrogen) atoms. The average Bonchev–Trinajstić information content (AvgIpc) is 3.68. The number of ketones is 1. The first-order chi connectivity index (χ1) is 17.7. The summed E-state index contributed by atoms with van der Waals surface area (Å²) in [7, 11) is 0. The highest BCUT2D eigenvalue weighted by Gasteiger charge is 2.28. The van der Waals surface area contributed by atoms with Gasteiger partial charge in [-0.05, 0) is 61.7 Å². The molecular weight excluding hydrogens is 452 g/mol. The summed E-state index contributed by atoms with van der Waals surface area (Å²) in [4.78, 5) is 36.6. The Balaban J connectivity index is 1.21. The third kappa shape index (κ3) is 4.61. The number of aromatic nitrogens is 1. The normalized spacial score (nSPS) is 18.7. The van der Waals surface area contributed by atoms with Crippen molar-refractivity contribution < 1.29 is 14.0 Å². The Bertz CT molecular complexity index is 1250. The quantitative estimate of drug-likeness (QED) is 0.527. The third-order valence-electron chi connectivity index (χ3n) is 7.81. The molecule has 7 nitrogen and oxygen atoms in total. The predicted molar refractivity (Wildman–Crippen MR) is 138 cm³/mol. The van der Waals surface area contributed by atoms with Crippen LogP contribution in [0.3, 0.4) is 0 Å². The summed E-state index contributed by atoms with van der Waals surface area (Å²) in [5.74, 6) is 1.16. The Morgan fingerprint density at radius 3 is 2.28 bits per heavy atom. The van der Waals surface area contributed by atoms with Gasteiger partial charge in [0, 0.05) is 74.8 Å². The van der Waals surface area contributed by atoms with E-state index in [9.17, 15) is 9.59 Å². The van der Waals surface area contributed by atoms with E-state index in [-0.39, 0.29) is 11.7 Å². The van der Waals surface area contributed by atoms with E-state index in [1.165, 1.54) is 25.9 Å². The van der Waals surface area contributed by atoms with E-state index in [1.807, 2.05) is 35.2 Å². The molecule has 0 bridgehead atoms. The number of carbonyl (C=O) groups excluding carboxylic acids is 2. The molecule has 2 fully saturated rings. The lowest BCUT2D eigenvalue weighted by Crippen LogP contribution is -2.50. The second kappa shape index (κ2) is 9.99. The zero-order valence-electron chi connectivity index (χ0n) is 20.6. The maximum Gasteiger partial charge on any atom is 0.289 e.